The Hall–Kier alpha value is -2.05. The summed E-state index contributed by atoms with van der Waals surface area (Å²) in [6.45, 7) is 1.88. The highest BCUT2D eigenvalue weighted by atomic mass is 19.4. The van der Waals surface area contributed by atoms with Gasteiger partial charge in [0.25, 0.3) is 0 Å². The van der Waals surface area contributed by atoms with E-state index in [4.69, 9.17) is 5.11 Å². The molecule has 1 aromatic heterocycles. The lowest BCUT2D eigenvalue weighted by Gasteiger charge is -2.10. The molecular formula is C12H11F3N2O2. The van der Waals surface area contributed by atoms with Crippen LogP contribution in [-0.2, 0) is 12.7 Å². The quantitative estimate of drug-likeness (QED) is 0.933. The van der Waals surface area contributed by atoms with Gasteiger partial charge in [-0.3, -0.25) is 0 Å². The summed E-state index contributed by atoms with van der Waals surface area (Å²) in [4.78, 5) is 14.4. The summed E-state index contributed by atoms with van der Waals surface area (Å²) in [7, 11) is 0. The van der Waals surface area contributed by atoms with Crippen molar-refractivity contribution in [3.63, 3.8) is 0 Å². The van der Waals surface area contributed by atoms with Crippen LogP contribution in [0.4, 0.5) is 13.2 Å². The highest BCUT2D eigenvalue weighted by Gasteiger charge is 2.37. The molecule has 0 aliphatic heterocycles. The molecule has 19 heavy (non-hydrogen) atoms. The van der Waals surface area contributed by atoms with Crippen molar-refractivity contribution in [1.82, 2.24) is 9.55 Å². The normalized spacial score (nSPS) is 12.0. The molecule has 0 fully saturated rings. The molecule has 1 aromatic carbocycles. The van der Waals surface area contributed by atoms with E-state index in [-0.39, 0.29) is 23.1 Å². The van der Waals surface area contributed by atoms with Gasteiger partial charge in [-0.05, 0) is 24.6 Å². The minimum atomic E-state index is -4.56. The van der Waals surface area contributed by atoms with Crippen molar-refractivity contribution in [2.24, 2.45) is 0 Å². The molecule has 0 saturated heterocycles. The number of alkyl halides is 3. The number of aromatic carboxylic acids is 1. The van der Waals surface area contributed by atoms with E-state index < -0.39 is 18.0 Å². The first-order chi connectivity index (χ1) is 8.84. The Balaban J connectivity index is 2.71. The van der Waals surface area contributed by atoms with E-state index >= 15 is 0 Å². The van der Waals surface area contributed by atoms with Crippen LogP contribution in [0, 0.1) is 0 Å². The average Bonchev–Trinajstić information content (AvgIpc) is 2.68. The summed E-state index contributed by atoms with van der Waals surface area (Å²) < 4.78 is 39.6. The third kappa shape index (κ3) is 2.40. The molecule has 0 saturated carbocycles. The predicted molar refractivity (Wildman–Crippen MR) is 62.0 cm³/mol. The van der Waals surface area contributed by atoms with Gasteiger partial charge < -0.3 is 9.67 Å². The average molecular weight is 272 g/mol. The van der Waals surface area contributed by atoms with Gasteiger partial charge in [0.1, 0.15) is 0 Å². The molecule has 0 spiro atoms. The monoisotopic (exact) mass is 272 g/mol. The van der Waals surface area contributed by atoms with Crippen molar-refractivity contribution in [3.8, 4) is 0 Å². The lowest BCUT2D eigenvalue weighted by molar-refractivity contribution is -0.146. The molecule has 2 aromatic rings. The minimum absolute atomic E-state index is 0.0570. The zero-order valence-corrected chi connectivity index (χ0v) is 10.0. The second-order valence-corrected chi connectivity index (χ2v) is 4.09. The van der Waals surface area contributed by atoms with Crippen LogP contribution in [0.15, 0.2) is 18.2 Å². The van der Waals surface area contributed by atoms with Crippen molar-refractivity contribution >= 4 is 17.0 Å². The second-order valence-electron chi connectivity index (χ2n) is 4.09. The maximum Gasteiger partial charge on any atom is 0.449 e. The minimum Gasteiger partial charge on any atom is -0.478 e. The summed E-state index contributed by atoms with van der Waals surface area (Å²) in [6, 6.07) is 3.75. The topological polar surface area (TPSA) is 55.1 Å². The Morgan fingerprint density at radius 3 is 2.63 bits per heavy atom. The lowest BCUT2D eigenvalue weighted by Crippen LogP contribution is -2.15. The molecule has 102 valence electrons. The van der Waals surface area contributed by atoms with Crippen molar-refractivity contribution in [3.05, 3.63) is 29.6 Å². The summed E-state index contributed by atoms with van der Waals surface area (Å²) in [5, 5.41) is 8.88. The largest absolute Gasteiger partial charge is 0.478 e. The van der Waals surface area contributed by atoms with E-state index in [0.29, 0.717) is 6.42 Å². The molecular weight excluding hydrogens is 261 g/mol. The number of nitrogens with zero attached hydrogens (tertiary/aromatic N) is 2. The maximum atomic E-state index is 12.9. The van der Waals surface area contributed by atoms with Crippen molar-refractivity contribution < 1.29 is 23.1 Å². The number of carboxylic acids is 1. The predicted octanol–water partition coefficient (Wildman–Crippen LogP) is 3.16. The molecule has 1 N–H and O–H groups in total. The molecule has 0 aliphatic carbocycles. The number of hydrogen-bond acceptors (Lipinski definition) is 2. The Kier molecular flexibility index (Phi) is 3.21. The number of imidazole rings is 1. The number of carboxylic acid groups (broad SMARTS) is 1. The lowest BCUT2D eigenvalue weighted by atomic mass is 10.2. The molecule has 0 bridgehead atoms. The van der Waals surface area contributed by atoms with Crippen molar-refractivity contribution in [1.29, 1.82) is 0 Å². The van der Waals surface area contributed by atoms with E-state index in [9.17, 15) is 18.0 Å². The van der Waals surface area contributed by atoms with Crippen LogP contribution >= 0.6 is 0 Å². The Morgan fingerprint density at radius 2 is 2.11 bits per heavy atom. The standard InChI is InChI=1S/C12H11F3N2O2/c1-2-5-17-9-6-7(10(18)19)3-4-8(9)16-11(17)12(13,14)15/h3-4,6H,2,5H2,1H3,(H,18,19). The van der Waals surface area contributed by atoms with Gasteiger partial charge in [-0.25, -0.2) is 9.78 Å². The smallest absolute Gasteiger partial charge is 0.449 e. The maximum absolute atomic E-state index is 12.9. The van der Waals surface area contributed by atoms with Crippen LogP contribution in [0.5, 0.6) is 0 Å². The fourth-order valence-corrected chi connectivity index (χ4v) is 1.92. The van der Waals surface area contributed by atoms with Crippen molar-refractivity contribution in [2.75, 3.05) is 0 Å². The number of halogens is 3. The van der Waals surface area contributed by atoms with E-state index in [1.165, 1.54) is 18.2 Å². The zero-order chi connectivity index (χ0) is 14.2. The van der Waals surface area contributed by atoms with Crippen LogP contribution in [-0.4, -0.2) is 20.6 Å². The molecule has 4 nitrogen and oxygen atoms in total. The van der Waals surface area contributed by atoms with Gasteiger partial charge in [0, 0.05) is 6.54 Å². The van der Waals surface area contributed by atoms with Crippen LogP contribution < -0.4 is 0 Å². The van der Waals surface area contributed by atoms with Gasteiger partial charge in [0.05, 0.1) is 16.6 Å². The molecule has 7 heteroatoms. The third-order valence-corrected chi connectivity index (χ3v) is 2.70. The number of rotatable bonds is 3. The van der Waals surface area contributed by atoms with Gasteiger partial charge in [-0.15, -0.1) is 0 Å². The highest BCUT2D eigenvalue weighted by molar-refractivity contribution is 5.92. The molecule has 0 radical (unpaired) electrons. The second kappa shape index (κ2) is 4.56. The zero-order valence-electron chi connectivity index (χ0n) is 10.0. The summed E-state index contributed by atoms with van der Waals surface area (Å²) >= 11 is 0. The molecule has 0 atom stereocenters. The fraction of sp³-hybridized carbons (Fsp3) is 0.333. The first-order valence-corrected chi connectivity index (χ1v) is 5.65. The first-order valence-electron chi connectivity index (χ1n) is 5.65. The number of carbonyl (C=O) groups is 1. The van der Waals surface area contributed by atoms with Crippen LogP contribution in [0.3, 0.4) is 0 Å². The molecule has 1 heterocycles. The summed E-state index contributed by atoms with van der Waals surface area (Å²) in [5.74, 6) is -2.17. The van der Waals surface area contributed by atoms with Crippen molar-refractivity contribution in [2.45, 2.75) is 26.1 Å². The van der Waals surface area contributed by atoms with Gasteiger partial charge in [0.15, 0.2) is 0 Å². The van der Waals surface area contributed by atoms with Crippen LogP contribution in [0.1, 0.15) is 29.5 Å². The van der Waals surface area contributed by atoms with E-state index in [1.807, 2.05) is 0 Å². The number of aryl methyl sites for hydroxylation is 1. The molecule has 2 rings (SSSR count). The first kappa shape index (κ1) is 13.4. The summed E-state index contributed by atoms with van der Waals surface area (Å²) in [6.07, 6.45) is -4.07. The van der Waals surface area contributed by atoms with Gasteiger partial charge in [0.2, 0.25) is 5.82 Å². The van der Waals surface area contributed by atoms with Gasteiger partial charge >= 0.3 is 12.1 Å². The van der Waals surface area contributed by atoms with Crippen LogP contribution in [0.25, 0.3) is 11.0 Å². The van der Waals surface area contributed by atoms with Crippen LogP contribution in [0.2, 0.25) is 0 Å². The Morgan fingerprint density at radius 1 is 1.42 bits per heavy atom. The fourth-order valence-electron chi connectivity index (χ4n) is 1.92. The Bertz CT molecular complexity index is 632. The molecule has 0 unspecified atom stereocenters. The van der Waals surface area contributed by atoms with E-state index in [0.717, 1.165) is 4.57 Å². The SMILES string of the molecule is CCCn1c(C(F)(F)F)nc2ccc(C(=O)O)cc21. The third-order valence-electron chi connectivity index (χ3n) is 2.70. The summed E-state index contributed by atoms with van der Waals surface area (Å²) in [5.41, 5.74) is 0.276. The Labute approximate surface area is 106 Å². The number of benzene rings is 1. The number of hydrogen-bond donors (Lipinski definition) is 1. The number of fused-ring (bicyclic) bond motifs is 1. The van der Waals surface area contributed by atoms with Gasteiger partial charge in [-0.2, -0.15) is 13.2 Å². The van der Waals surface area contributed by atoms with Gasteiger partial charge in [-0.1, -0.05) is 6.92 Å². The number of aromatic nitrogens is 2. The highest BCUT2D eigenvalue weighted by Crippen LogP contribution is 2.32. The van der Waals surface area contributed by atoms with E-state index in [2.05, 4.69) is 4.98 Å². The molecule has 0 aliphatic rings. The van der Waals surface area contributed by atoms with E-state index in [1.54, 1.807) is 6.92 Å². The molecule has 0 amide bonds.